The molecule has 4 aromatic carbocycles. The Labute approximate surface area is 220 Å². The van der Waals surface area contributed by atoms with E-state index < -0.39 is 0 Å². The van der Waals surface area contributed by atoms with E-state index >= 15 is 0 Å². The van der Waals surface area contributed by atoms with E-state index in [0.717, 1.165) is 39.1 Å². The molecular weight excluding hydrogens is 476 g/mol. The van der Waals surface area contributed by atoms with Crippen LogP contribution in [0, 0.1) is 0 Å². The summed E-state index contributed by atoms with van der Waals surface area (Å²) in [5, 5.41) is 0.430. The fourth-order valence-corrected chi connectivity index (χ4v) is 4.41. The third kappa shape index (κ3) is 4.88. The molecule has 0 bridgehead atoms. The monoisotopic (exact) mass is 496 g/mol. The maximum absolute atomic E-state index is 6.31. The van der Waals surface area contributed by atoms with Gasteiger partial charge in [-0.1, -0.05) is 115 Å². The summed E-state index contributed by atoms with van der Waals surface area (Å²) in [6, 6.07) is 42.1. The van der Waals surface area contributed by atoms with Gasteiger partial charge in [-0.2, -0.15) is 0 Å². The first kappa shape index (κ1) is 22.8. The number of hydrogen-bond donors (Lipinski definition) is 0. The Morgan fingerprint density at radius 2 is 0.919 bits per heavy atom. The van der Waals surface area contributed by atoms with E-state index in [9.17, 15) is 0 Å². The van der Waals surface area contributed by atoms with E-state index in [0.29, 0.717) is 22.6 Å². The van der Waals surface area contributed by atoms with Crippen LogP contribution in [0.25, 0.3) is 56.5 Å². The number of benzene rings is 4. The van der Waals surface area contributed by atoms with Gasteiger partial charge in [-0.3, -0.25) is 0 Å². The molecule has 0 aliphatic heterocycles. The van der Waals surface area contributed by atoms with Gasteiger partial charge in [0.25, 0.3) is 0 Å². The minimum absolute atomic E-state index is 0.430. The molecule has 5 heteroatoms. The summed E-state index contributed by atoms with van der Waals surface area (Å²) in [7, 11) is 0. The molecule has 0 saturated heterocycles. The van der Waals surface area contributed by atoms with Crippen molar-refractivity contribution in [2.75, 3.05) is 0 Å². The van der Waals surface area contributed by atoms with Gasteiger partial charge in [0.2, 0.25) is 0 Å². The predicted molar refractivity (Wildman–Crippen MR) is 150 cm³/mol. The molecule has 0 saturated carbocycles. The van der Waals surface area contributed by atoms with Crippen LogP contribution in [0.2, 0.25) is 5.15 Å². The summed E-state index contributed by atoms with van der Waals surface area (Å²) in [5.74, 6) is 1.80. The highest BCUT2D eigenvalue weighted by Crippen LogP contribution is 2.35. The molecule has 0 amide bonds. The maximum Gasteiger partial charge on any atom is 0.164 e. The highest BCUT2D eigenvalue weighted by molar-refractivity contribution is 6.29. The quantitative estimate of drug-likeness (QED) is 0.225. The van der Waals surface area contributed by atoms with Crippen LogP contribution in [-0.2, 0) is 0 Å². The van der Waals surface area contributed by atoms with E-state index in [2.05, 4.69) is 35.3 Å². The molecule has 0 atom stereocenters. The molecule has 0 radical (unpaired) electrons. The lowest BCUT2D eigenvalue weighted by Crippen LogP contribution is -2.01. The van der Waals surface area contributed by atoms with Crippen LogP contribution in [0.15, 0.2) is 127 Å². The van der Waals surface area contributed by atoms with Crippen LogP contribution in [0.5, 0.6) is 0 Å². The van der Waals surface area contributed by atoms with Crippen molar-refractivity contribution in [3.8, 4) is 56.5 Å². The van der Waals surface area contributed by atoms with Crippen LogP contribution in [0.1, 0.15) is 0 Å². The van der Waals surface area contributed by atoms with Gasteiger partial charge in [0.15, 0.2) is 17.5 Å². The third-order valence-electron chi connectivity index (χ3n) is 6.06. The standard InChI is InChI=1S/C32H21ClN4/c33-29-18-10-17-28(34-29)27-21-25(22-11-4-1-5-12-22)19-20-26(27)32-36-30(23-13-6-2-7-14-23)35-31(37-32)24-15-8-3-9-16-24/h1-21H. The van der Waals surface area contributed by atoms with Gasteiger partial charge in [0.1, 0.15) is 5.15 Å². The summed E-state index contributed by atoms with van der Waals surface area (Å²) in [6.07, 6.45) is 0. The zero-order valence-corrected chi connectivity index (χ0v) is 20.5. The first-order valence-corrected chi connectivity index (χ1v) is 12.3. The summed E-state index contributed by atoms with van der Waals surface area (Å²) in [5.41, 5.74) is 6.53. The van der Waals surface area contributed by atoms with Gasteiger partial charge in [-0.15, -0.1) is 0 Å². The summed E-state index contributed by atoms with van der Waals surface area (Å²) in [6.45, 7) is 0. The highest BCUT2D eigenvalue weighted by Gasteiger charge is 2.17. The van der Waals surface area contributed by atoms with Crippen molar-refractivity contribution in [1.29, 1.82) is 0 Å². The van der Waals surface area contributed by atoms with Crippen LogP contribution in [0.4, 0.5) is 0 Å². The highest BCUT2D eigenvalue weighted by atomic mass is 35.5. The number of hydrogen-bond acceptors (Lipinski definition) is 4. The molecule has 0 fully saturated rings. The van der Waals surface area contributed by atoms with E-state index in [-0.39, 0.29) is 0 Å². The lowest BCUT2D eigenvalue weighted by Gasteiger charge is -2.13. The van der Waals surface area contributed by atoms with Gasteiger partial charge in [-0.05, 0) is 35.4 Å². The summed E-state index contributed by atoms with van der Waals surface area (Å²) in [4.78, 5) is 19.3. The molecule has 0 N–H and O–H groups in total. The van der Waals surface area contributed by atoms with E-state index in [4.69, 9.17) is 26.6 Å². The van der Waals surface area contributed by atoms with Crippen molar-refractivity contribution >= 4 is 11.6 Å². The van der Waals surface area contributed by atoms with Gasteiger partial charge in [0.05, 0.1) is 5.69 Å². The number of rotatable bonds is 5. The van der Waals surface area contributed by atoms with E-state index in [1.54, 1.807) is 6.07 Å². The van der Waals surface area contributed by atoms with Crippen LogP contribution in [-0.4, -0.2) is 19.9 Å². The van der Waals surface area contributed by atoms with Crippen molar-refractivity contribution in [3.05, 3.63) is 133 Å². The summed E-state index contributed by atoms with van der Waals surface area (Å²) >= 11 is 6.31. The van der Waals surface area contributed by atoms with Crippen molar-refractivity contribution in [2.45, 2.75) is 0 Å². The molecule has 176 valence electrons. The molecule has 2 heterocycles. The van der Waals surface area contributed by atoms with Crippen molar-refractivity contribution in [2.24, 2.45) is 0 Å². The number of nitrogens with zero attached hydrogens (tertiary/aromatic N) is 4. The number of halogens is 1. The molecule has 6 rings (SSSR count). The lowest BCUT2D eigenvalue weighted by atomic mass is 9.96. The Bertz CT molecular complexity index is 1610. The molecule has 0 aliphatic carbocycles. The molecule has 6 aromatic rings. The first-order chi connectivity index (χ1) is 18.2. The Morgan fingerprint density at radius 3 is 1.49 bits per heavy atom. The minimum atomic E-state index is 0.430. The Balaban J connectivity index is 1.59. The number of aromatic nitrogens is 4. The molecule has 0 aliphatic rings. The Kier molecular flexibility index (Phi) is 6.24. The second-order valence-electron chi connectivity index (χ2n) is 8.51. The second kappa shape index (κ2) is 10.1. The van der Waals surface area contributed by atoms with E-state index in [1.807, 2.05) is 91.0 Å². The van der Waals surface area contributed by atoms with Crippen LogP contribution in [0.3, 0.4) is 0 Å². The zero-order chi connectivity index (χ0) is 25.0. The SMILES string of the molecule is Clc1cccc(-c2cc(-c3ccccc3)ccc2-c2nc(-c3ccccc3)nc(-c3ccccc3)n2)n1. The fourth-order valence-electron chi connectivity index (χ4n) is 4.25. The van der Waals surface area contributed by atoms with Gasteiger partial charge >= 0.3 is 0 Å². The third-order valence-corrected chi connectivity index (χ3v) is 6.27. The van der Waals surface area contributed by atoms with Gasteiger partial charge < -0.3 is 0 Å². The van der Waals surface area contributed by atoms with Gasteiger partial charge in [-0.25, -0.2) is 19.9 Å². The Hall–Kier alpha value is -4.67. The maximum atomic E-state index is 6.31. The zero-order valence-electron chi connectivity index (χ0n) is 19.8. The first-order valence-electron chi connectivity index (χ1n) is 11.9. The largest absolute Gasteiger partial charge is 0.236 e. The van der Waals surface area contributed by atoms with Crippen molar-refractivity contribution < 1.29 is 0 Å². The molecule has 37 heavy (non-hydrogen) atoms. The van der Waals surface area contributed by atoms with Crippen molar-refractivity contribution in [3.63, 3.8) is 0 Å². The molecule has 0 spiro atoms. The topological polar surface area (TPSA) is 51.6 Å². The normalized spacial score (nSPS) is 10.8. The second-order valence-corrected chi connectivity index (χ2v) is 8.90. The fraction of sp³-hybridized carbons (Fsp3) is 0. The van der Waals surface area contributed by atoms with Gasteiger partial charge in [0, 0.05) is 22.3 Å². The molecular formula is C32H21ClN4. The smallest absolute Gasteiger partial charge is 0.164 e. The molecule has 4 nitrogen and oxygen atoms in total. The predicted octanol–water partition coefficient (Wildman–Crippen LogP) is 8.26. The van der Waals surface area contributed by atoms with Crippen LogP contribution >= 0.6 is 11.6 Å². The molecule has 0 unspecified atom stereocenters. The molecule has 2 aromatic heterocycles. The average Bonchev–Trinajstić information content (AvgIpc) is 2.98. The Morgan fingerprint density at radius 1 is 0.378 bits per heavy atom. The van der Waals surface area contributed by atoms with E-state index in [1.165, 1.54) is 0 Å². The summed E-state index contributed by atoms with van der Waals surface area (Å²) < 4.78 is 0. The average molecular weight is 497 g/mol. The van der Waals surface area contributed by atoms with Crippen LogP contribution < -0.4 is 0 Å². The minimum Gasteiger partial charge on any atom is -0.236 e. The lowest BCUT2D eigenvalue weighted by molar-refractivity contribution is 1.07. The van der Waals surface area contributed by atoms with Crippen molar-refractivity contribution in [1.82, 2.24) is 19.9 Å². The number of pyridine rings is 1.